The van der Waals surface area contributed by atoms with Crippen molar-refractivity contribution in [2.75, 3.05) is 13.2 Å². The lowest BCUT2D eigenvalue weighted by Gasteiger charge is -2.18. The number of unbranched alkanes of at least 4 members (excludes halogenated alkanes) is 19. The molecule has 330 valence electrons. The Labute approximate surface area is 356 Å². The van der Waals surface area contributed by atoms with Crippen molar-refractivity contribution in [3.8, 4) is 0 Å². The van der Waals surface area contributed by atoms with E-state index in [0.717, 1.165) is 116 Å². The monoisotopic (exact) mass is 807 g/mol. The van der Waals surface area contributed by atoms with E-state index in [-0.39, 0.29) is 31.1 Å². The summed E-state index contributed by atoms with van der Waals surface area (Å²) in [7, 11) is 0. The number of allylic oxidation sites excluding steroid dienone is 14. The van der Waals surface area contributed by atoms with Gasteiger partial charge in [0.25, 0.3) is 0 Å². The number of hydrogen-bond donors (Lipinski definition) is 0. The zero-order valence-corrected chi connectivity index (χ0v) is 37.5. The highest BCUT2D eigenvalue weighted by atomic mass is 16.6. The number of hydrogen-bond acceptors (Lipinski definition) is 6. The standard InChI is InChI=1S/C52H86O6/c1-4-7-10-13-16-19-22-24-26-28-30-33-36-39-42-45-51(54)57-48-49(47-56-50(53)44-41-38-35-32-29-21-18-15-12-9-6-3)58-52(55)46-43-40-37-34-31-27-25-23-20-17-14-11-8-5-2/h7-8,10-11,13,15-20,22,24,26,49H,4-6,9,12,14,21,23,25,27-48H2,1-3H3/b10-7-,11-8-,16-13-,18-15-,20-17-,22-19-,26-24-. The summed E-state index contributed by atoms with van der Waals surface area (Å²) >= 11 is 0. The molecule has 0 aromatic rings. The van der Waals surface area contributed by atoms with Crippen LogP contribution >= 0.6 is 0 Å². The van der Waals surface area contributed by atoms with Crippen LogP contribution in [0.2, 0.25) is 0 Å². The van der Waals surface area contributed by atoms with Crippen molar-refractivity contribution in [2.45, 2.75) is 213 Å². The molecule has 0 heterocycles. The first-order valence-electron chi connectivity index (χ1n) is 23.6. The quantitative estimate of drug-likeness (QED) is 0.0201. The highest BCUT2D eigenvalue weighted by molar-refractivity contribution is 5.71. The Balaban J connectivity index is 4.45. The molecule has 0 aliphatic rings. The first-order valence-corrected chi connectivity index (χ1v) is 23.6. The molecule has 0 N–H and O–H groups in total. The Hall–Kier alpha value is -3.41. The largest absolute Gasteiger partial charge is 0.462 e. The van der Waals surface area contributed by atoms with E-state index in [9.17, 15) is 14.4 Å². The average Bonchev–Trinajstić information content (AvgIpc) is 3.22. The Morgan fingerprint density at radius 3 is 1.26 bits per heavy atom. The minimum atomic E-state index is -0.792. The maximum absolute atomic E-state index is 12.7. The summed E-state index contributed by atoms with van der Waals surface area (Å²) in [4.78, 5) is 37.8. The fourth-order valence-corrected chi connectivity index (χ4v) is 6.18. The van der Waals surface area contributed by atoms with E-state index < -0.39 is 6.10 Å². The van der Waals surface area contributed by atoms with Gasteiger partial charge in [-0.1, -0.05) is 189 Å². The molecule has 0 rings (SSSR count). The second-order valence-electron chi connectivity index (χ2n) is 15.3. The number of esters is 3. The Kier molecular flexibility index (Phi) is 43.6. The molecule has 0 aliphatic carbocycles. The summed E-state index contributed by atoms with van der Waals surface area (Å²) in [6.07, 6.45) is 58.5. The van der Waals surface area contributed by atoms with Gasteiger partial charge in [0, 0.05) is 19.3 Å². The van der Waals surface area contributed by atoms with Crippen LogP contribution in [0.1, 0.15) is 207 Å². The minimum Gasteiger partial charge on any atom is -0.462 e. The van der Waals surface area contributed by atoms with Crippen LogP contribution in [-0.2, 0) is 28.6 Å². The van der Waals surface area contributed by atoms with Crippen molar-refractivity contribution in [3.05, 3.63) is 85.1 Å². The summed E-state index contributed by atoms with van der Waals surface area (Å²) in [6.45, 7) is 6.30. The summed E-state index contributed by atoms with van der Waals surface area (Å²) in [5.74, 6) is -0.940. The molecule has 0 fully saturated rings. The Morgan fingerprint density at radius 2 is 0.759 bits per heavy atom. The first-order chi connectivity index (χ1) is 28.5. The smallest absolute Gasteiger partial charge is 0.306 e. The zero-order valence-electron chi connectivity index (χ0n) is 37.5. The van der Waals surface area contributed by atoms with Crippen molar-refractivity contribution >= 4 is 17.9 Å². The van der Waals surface area contributed by atoms with Gasteiger partial charge in [-0.15, -0.1) is 0 Å². The SMILES string of the molecule is CC\C=C/C=C\C=C/C=C\CCCCCCCC(=O)OCC(COC(=O)CCCCCCC/C=C\CCCC)OC(=O)CCCCCCCCC/C=C\C/C=C\CC. The van der Waals surface area contributed by atoms with Crippen LogP contribution in [0, 0.1) is 0 Å². The second kappa shape index (κ2) is 46.3. The van der Waals surface area contributed by atoms with Gasteiger partial charge in [0.2, 0.25) is 0 Å². The van der Waals surface area contributed by atoms with E-state index in [2.05, 4.69) is 81.5 Å². The van der Waals surface area contributed by atoms with E-state index in [4.69, 9.17) is 14.2 Å². The molecule has 0 saturated heterocycles. The van der Waals surface area contributed by atoms with E-state index in [1.54, 1.807) is 0 Å². The molecule has 0 bridgehead atoms. The predicted molar refractivity (Wildman–Crippen MR) is 247 cm³/mol. The average molecular weight is 807 g/mol. The third-order valence-corrected chi connectivity index (χ3v) is 9.71. The van der Waals surface area contributed by atoms with Gasteiger partial charge in [-0.2, -0.15) is 0 Å². The topological polar surface area (TPSA) is 78.9 Å². The lowest BCUT2D eigenvalue weighted by molar-refractivity contribution is -0.167. The minimum absolute atomic E-state index is 0.0932. The van der Waals surface area contributed by atoms with Gasteiger partial charge < -0.3 is 14.2 Å². The Bertz CT molecular complexity index is 1160. The van der Waals surface area contributed by atoms with Crippen molar-refractivity contribution in [1.29, 1.82) is 0 Å². The fraction of sp³-hybridized carbons (Fsp3) is 0.673. The maximum Gasteiger partial charge on any atom is 0.306 e. The zero-order chi connectivity index (χ0) is 42.3. The summed E-state index contributed by atoms with van der Waals surface area (Å²) in [5.41, 5.74) is 0. The van der Waals surface area contributed by atoms with Gasteiger partial charge >= 0.3 is 17.9 Å². The number of ether oxygens (including phenoxy) is 3. The number of carbonyl (C=O) groups is 3. The molecule has 0 aromatic carbocycles. The van der Waals surface area contributed by atoms with Crippen molar-refractivity contribution in [2.24, 2.45) is 0 Å². The van der Waals surface area contributed by atoms with Gasteiger partial charge in [-0.25, -0.2) is 0 Å². The summed E-state index contributed by atoms with van der Waals surface area (Å²) in [6, 6.07) is 0. The summed E-state index contributed by atoms with van der Waals surface area (Å²) in [5, 5.41) is 0. The molecule has 0 spiro atoms. The molecular weight excluding hydrogens is 721 g/mol. The van der Waals surface area contributed by atoms with Gasteiger partial charge in [-0.05, 0) is 83.5 Å². The van der Waals surface area contributed by atoms with Gasteiger partial charge in [0.1, 0.15) is 13.2 Å². The first kappa shape index (κ1) is 54.6. The Morgan fingerprint density at radius 1 is 0.379 bits per heavy atom. The van der Waals surface area contributed by atoms with E-state index in [0.29, 0.717) is 19.3 Å². The molecule has 0 aliphatic heterocycles. The van der Waals surface area contributed by atoms with Crippen LogP contribution in [0.15, 0.2) is 85.1 Å². The van der Waals surface area contributed by atoms with Crippen LogP contribution in [0.25, 0.3) is 0 Å². The van der Waals surface area contributed by atoms with Crippen LogP contribution in [0.4, 0.5) is 0 Å². The third-order valence-electron chi connectivity index (χ3n) is 9.71. The molecule has 1 unspecified atom stereocenters. The fourth-order valence-electron chi connectivity index (χ4n) is 6.18. The van der Waals surface area contributed by atoms with Crippen LogP contribution in [0.3, 0.4) is 0 Å². The molecule has 58 heavy (non-hydrogen) atoms. The van der Waals surface area contributed by atoms with Crippen LogP contribution in [-0.4, -0.2) is 37.2 Å². The lowest BCUT2D eigenvalue weighted by atomic mass is 10.1. The van der Waals surface area contributed by atoms with Crippen LogP contribution < -0.4 is 0 Å². The van der Waals surface area contributed by atoms with E-state index >= 15 is 0 Å². The van der Waals surface area contributed by atoms with Gasteiger partial charge in [0.15, 0.2) is 6.10 Å². The van der Waals surface area contributed by atoms with Crippen molar-refractivity contribution in [3.63, 3.8) is 0 Å². The highest BCUT2D eigenvalue weighted by Crippen LogP contribution is 2.13. The summed E-state index contributed by atoms with van der Waals surface area (Å²) < 4.78 is 16.7. The van der Waals surface area contributed by atoms with E-state index in [1.807, 2.05) is 24.3 Å². The van der Waals surface area contributed by atoms with Gasteiger partial charge in [0.05, 0.1) is 0 Å². The molecule has 6 nitrogen and oxygen atoms in total. The molecule has 0 aromatic heterocycles. The molecule has 0 radical (unpaired) electrons. The molecule has 0 amide bonds. The number of carbonyl (C=O) groups excluding carboxylic acids is 3. The molecule has 6 heteroatoms. The van der Waals surface area contributed by atoms with Gasteiger partial charge in [-0.3, -0.25) is 14.4 Å². The van der Waals surface area contributed by atoms with E-state index in [1.165, 1.54) is 51.4 Å². The lowest BCUT2D eigenvalue weighted by Crippen LogP contribution is -2.30. The van der Waals surface area contributed by atoms with Crippen molar-refractivity contribution in [1.82, 2.24) is 0 Å². The van der Waals surface area contributed by atoms with Crippen molar-refractivity contribution < 1.29 is 28.6 Å². The maximum atomic E-state index is 12.7. The highest BCUT2D eigenvalue weighted by Gasteiger charge is 2.19. The molecule has 1 atom stereocenters. The second-order valence-corrected chi connectivity index (χ2v) is 15.3. The third kappa shape index (κ3) is 43.7. The predicted octanol–water partition coefficient (Wildman–Crippen LogP) is 15.3. The normalized spacial score (nSPS) is 12.8. The van der Waals surface area contributed by atoms with Crippen LogP contribution in [0.5, 0.6) is 0 Å². The molecule has 0 saturated carbocycles. The number of rotatable bonds is 41. The molecular formula is C52H86O6.